The van der Waals surface area contributed by atoms with Crippen LogP contribution in [0.25, 0.3) is 0 Å². The zero-order valence-electron chi connectivity index (χ0n) is 12.6. The SMILES string of the molecule is NN(c1ccccc1C(=O)O)N1C2CC(c3ccc(O)c(O)c3)N21. The number of nitrogens with zero attached hydrogens (tertiary/aromatic N) is 3. The molecule has 0 amide bonds. The number of aromatic carboxylic acids is 1. The number of hydrazine groups is 3. The molecule has 2 aromatic rings. The Kier molecular flexibility index (Phi) is 3.14. The smallest absolute Gasteiger partial charge is 0.337 e. The molecule has 0 aliphatic carbocycles. The van der Waals surface area contributed by atoms with Gasteiger partial charge in [-0.1, -0.05) is 18.2 Å². The average Bonchev–Trinajstić information content (AvgIpc) is 3.14. The van der Waals surface area contributed by atoms with Gasteiger partial charge in [0.05, 0.1) is 17.3 Å². The average molecular weight is 328 g/mol. The standard InChI is InChI=1S/C16H16N4O4/c17-19(11-4-2-1-3-10(11)16(23)24)20-15-8-12(18(15)20)9-5-6-13(21)14(22)7-9/h1-7,12,15,21-22H,8,17H2,(H,23,24). The number of carboxylic acids is 1. The Hall–Kier alpha value is -2.81. The summed E-state index contributed by atoms with van der Waals surface area (Å²) in [6, 6.07) is 11.3. The number of hydrogen-bond donors (Lipinski definition) is 4. The van der Waals surface area contributed by atoms with Gasteiger partial charge in [-0.05, 0) is 29.8 Å². The van der Waals surface area contributed by atoms with Crippen molar-refractivity contribution in [1.82, 2.24) is 10.1 Å². The molecule has 8 heteroatoms. The van der Waals surface area contributed by atoms with Crippen molar-refractivity contribution in [3.8, 4) is 11.5 Å². The molecule has 8 nitrogen and oxygen atoms in total. The molecular formula is C16H16N4O4. The van der Waals surface area contributed by atoms with Crippen molar-refractivity contribution >= 4 is 11.7 Å². The summed E-state index contributed by atoms with van der Waals surface area (Å²) in [5, 5.41) is 33.4. The first kappa shape index (κ1) is 14.8. The first-order valence-electron chi connectivity index (χ1n) is 7.45. The summed E-state index contributed by atoms with van der Waals surface area (Å²) in [6.45, 7) is 0. The van der Waals surface area contributed by atoms with Crippen LogP contribution in [-0.4, -0.2) is 37.6 Å². The third-order valence-electron chi connectivity index (χ3n) is 4.49. The molecule has 2 heterocycles. The highest BCUT2D eigenvalue weighted by Gasteiger charge is 2.62. The van der Waals surface area contributed by atoms with Crippen molar-refractivity contribution in [2.45, 2.75) is 18.6 Å². The third-order valence-corrected chi connectivity index (χ3v) is 4.49. The normalized spacial score (nSPS) is 27.0. The molecule has 2 aliphatic rings. The minimum atomic E-state index is -1.04. The quantitative estimate of drug-likeness (QED) is 0.288. The summed E-state index contributed by atoms with van der Waals surface area (Å²) < 4.78 is 0. The Bertz CT molecular complexity index is 827. The highest BCUT2D eigenvalue weighted by molar-refractivity contribution is 5.94. The molecule has 4 unspecified atom stereocenters. The predicted molar refractivity (Wildman–Crippen MR) is 84.7 cm³/mol. The number of anilines is 1. The number of carbonyl (C=O) groups is 1. The van der Waals surface area contributed by atoms with Crippen molar-refractivity contribution in [3.05, 3.63) is 53.6 Å². The number of hydrogen-bond acceptors (Lipinski definition) is 7. The molecule has 0 bridgehead atoms. The van der Waals surface area contributed by atoms with Gasteiger partial charge in [-0.15, -0.1) is 5.12 Å². The molecule has 0 radical (unpaired) electrons. The van der Waals surface area contributed by atoms with Gasteiger partial charge in [0.25, 0.3) is 0 Å². The van der Waals surface area contributed by atoms with Crippen molar-refractivity contribution in [1.29, 1.82) is 0 Å². The molecule has 0 spiro atoms. The van der Waals surface area contributed by atoms with Gasteiger partial charge in [0.15, 0.2) is 11.5 Å². The summed E-state index contributed by atoms with van der Waals surface area (Å²) in [5.74, 6) is 4.76. The monoisotopic (exact) mass is 328 g/mol. The fourth-order valence-corrected chi connectivity index (χ4v) is 3.19. The van der Waals surface area contributed by atoms with E-state index < -0.39 is 5.97 Å². The van der Waals surface area contributed by atoms with Gasteiger partial charge in [-0.25, -0.2) is 15.8 Å². The lowest BCUT2D eigenvalue weighted by atomic mass is 9.97. The Labute approximate surface area is 137 Å². The lowest BCUT2D eigenvalue weighted by Crippen LogP contribution is -2.39. The fourth-order valence-electron chi connectivity index (χ4n) is 3.19. The molecule has 2 aliphatic heterocycles. The van der Waals surface area contributed by atoms with Crippen molar-refractivity contribution in [2.75, 3.05) is 5.12 Å². The van der Waals surface area contributed by atoms with Crippen LogP contribution >= 0.6 is 0 Å². The van der Waals surface area contributed by atoms with E-state index in [4.69, 9.17) is 5.84 Å². The third kappa shape index (κ3) is 2.08. The maximum Gasteiger partial charge on any atom is 0.337 e. The molecule has 4 atom stereocenters. The van der Waals surface area contributed by atoms with E-state index in [-0.39, 0.29) is 29.3 Å². The van der Waals surface area contributed by atoms with Crippen LogP contribution in [0.15, 0.2) is 42.5 Å². The molecule has 2 saturated heterocycles. The van der Waals surface area contributed by atoms with Gasteiger partial charge in [0, 0.05) is 6.42 Å². The van der Waals surface area contributed by atoms with Gasteiger partial charge in [-0.2, -0.15) is 5.01 Å². The first-order chi connectivity index (χ1) is 11.5. The first-order valence-corrected chi connectivity index (χ1v) is 7.45. The topological polar surface area (TPSA) is 113 Å². The number of para-hydroxylation sites is 1. The largest absolute Gasteiger partial charge is 0.504 e. The maximum absolute atomic E-state index is 11.3. The van der Waals surface area contributed by atoms with E-state index in [0.29, 0.717) is 5.69 Å². The van der Waals surface area contributed by atoms with E-state index >= 15 is 0 Å². The number of benzene rings is 2. The van der Waals surface area contributed by atoms with Crippen LogP contribution in [0.5, 0.6) is 11.5 Å². The van der Waals surface area contributed by atoms with Gasteiger partial charge >= 0.3 is 5.97 Å². The van der Waals surface area contributed by atoms with Crippen LogP contribution in [0.1, 0.15) is 28.4 Å². The molecule has 5 N–H and O–H groups in total. The Morgan fingerprint density at radius 1 is 1.17 bits per heavy atom. The molecular weight excluding hydrogens is 312 g/mol. The van der Waals surface area contributed by atoms with E-state index in [1.165, 1.54) is 23.3 Å². The molecule has 2 fully saturated rings. The molecule has 124 valence electrons. The summed E-state index contributed by atoms with van der Waals surface area (Å²) >= 11 is 0. The molecule has 4 rings (SSSR count). The number of rotatable bonds is 4. The summed E-state index contributed by atoms with van der Waals surface area (Å²) in [6.07, 6.45) is 0.908. The number of phenolic OH excluding ortho intramolecular Hbond substituents is 2. The van der Waals surface area contributed by atoms with E-state index in [1.54, 1.807) is 29.4 Å². The number of aromatic hydroxyl groups is 2. The van der Waals surface area contributed by atoms with Crippen molar-refractivity contribution in [3.63, 3.8) is 0 Å². The highest BCUT2D eigenvalue weighted by Crippen LogP contribution is 2.54. The minimum Gasteiger partial charge on any atom is -0.504 e. The second-order valence-corrected chi connectivity index (χ2v) is 5.85. The summed E-state index contributed by atoms with van der Waals surface area (Å²) in [4.78, 5) is 11.3. The Balaban J connectivity index is 1.55. The van der Waals surface area contributed by atoms with E-state index in [9.17, 15) is 20.1 Å². The maximum atomic E-state index is 11.3. The zero-order chi connectivity index (χ0) is 17.0. The fraction of sp³-hybridized carbons (Fsp3) is 0.188. The second-order valence-electron chi connectivity index (χ2n) is 5.85. The van der Waals surface area contributed by atoms with Gasteiger partial charge in [-0.3, -0.25) is 0 Å². The van der Waals surface area contributed by atoms with Crippen LogP contribution in [0.3, 0.4) is 0 Å². The van der Waals surface area contributed by atoms with Crippen LogP contribution in [-0.2, 0) is 0 Å². The Morgan fingerprint density at radius 2 is 1.92 bits per heavy atom. The molecule has 24 heavy (non-hydrogen) atoms. The van der Waals surface area contributed by atoms with Gasteiger partial charge in [0.2, 0.25) is 0 Å². The van der Waals surface area contributed by atoms with E-state index in [2.05, 4.69) is 0 Å². The van der Waals surface area contributed by atoms with Gasteiger partial charge < -0.3 is 15.3 Å². The lowest BCUT2D eigenvalue weighted by molar-refractivity contribution is 0.0696. The van der Waals surface area contributed by atoms with Gasteiger partial charge in [0.1, 0.15) is 6.17 Å². The predicted octanol–water partition coefficient (Wildman–Crippen LogP) is 1.39. The van der Waals surface area contributed by atoms with Crippen LogP contribution in [0, 0.1) is 0 Å². The summed E-state index contributed by atoms with van der Waals surface area (Å²) in [5.41, 5.74) is 1.40. The summed E-state index contributed by atoms with van der Waals surface area (Å²) in [7, 11) is 0. The zero-order valence-corrected chi connectivity index (χ0v) is 12.6. The number of nitrogens with two attached hydrogens (primary N) is 1. The second kappa shape index (κ2) is 5.10. The molecule has 0 saturated carbocycles. The number of phenols is 2. The van der Waals surface area contributed by atoms with Crippen LogP contribution < -0.4 is 11.0 Å². The Morgan fingerprint density at radius 3 is 2.62 bits per heavy atom. The highest BCUT2D eigenvalue weighted by atomic mass is 16.4. The molecule has 2 aromatic carbocycles. The van der Waals surface area contributed by atoms with Crippen LogP contribution in [0.2, 0.25) is 0 Å². The van der Waals surface area contributed by atoms with E-state index in [0.717, 1.165) is 12.0 Å². The lowest BCUT2D eigenvalue weighted by Gasteiger charge is -2.25. The minimum absolute atomic E-state index is 0.0320. The van der Waals surface area contributed by atoms with Crippen LogP contribution in [0.4, 0.5) is 5.69 Å². The van der Waals surface area contributed by atoms with E-state index in [1.807, 2.05) is 5.01 Å². The van der Waals surface area contributed by atoms with Crippen molar-refractivity contribution in [2.24, 2.45) is 5.84 Å². The van der Waals surface area contributed by atoms with Crippen molar-refractivity contribution < 1.29 is 20.1 Å². The number of fused-ring (bicyclic) bond motifs is 1. The molecule has 0 aromatic heterocycles. The number of carboxylic acid groups (broad SMARTS) is 1.